The Morgan fingerprint density at radius 3 is 2.78 bits per heavy atom. The SMILES string of the molecule is Cc1cc(OCC(=O)N2CCS(=O)CCC2C)ccc1C(C)C. The molecule has 1 fully saturated rings. The van der Waals surface area contributed by atoms with Gasteiger partial charge in [0.25, 0.3) is 5.91 Å². The molecule has 0 N–H and O–H groups in total. The molecule has 0 radical (unpaired) electrons. The van der Waals surface area contributed by atoms with Gasteiger partial charge in [0.15, 0.2) is 6.61 Å². The fourth-order valence-corrected chi connectivity index (χ4v) is 4.17. The van der Waals surface area contributed by atoms with Gasteiger partial charge in [0.1, 0.15) is 5.75 Å². The summed E-state index contributed by atoms with van der Waals surface area (Å²) >= 11 is 0. The molecule has 2 atom stereocenters. The van der Waals surface area contributed by atoms with Gasteiger partial charge in [-0.1, -0.05) is 19.9 Å². The van der Waals surface area contributed by atoms with Crippen LogP contribution in [0.3, 0.4) is 0 Å². The van der Waals surface area contributed by atoms with Crippen molar-refractivity contribution < 1.29 is 13.7 Å². The van der Waals surface area contributed by atoms with Crippen molar-refractivity contribution in [3.05, 3.63) is 29.3 Å². The molecule has 1 saturated heterocycles. The summed E-state index contributed by atoms with van der Waals surface area (Å²) in [5, 5.41) is 0. The molecule has 5 heteroatoms. The van der Waals surface area contributed by atoms with Crippen molar-refractivity contribution in [3.63, 3.8) is 0 Å². The molecule has 128 valence electrons. The Morgan fingerprint density at radius 1 is 1.39 bits per heavy atom. The van der Waals surface area contributed by atoms with Gasteiger partial charge in [0, 0.05) is 34.9 Å². The van der Waals surface area contributed by atoms with E-state index in [0.29, 0.717) is 24.0 Å². The van der Waals surface area contributed by atoms with Gasteiger partial charge in [-0.3, -0.25) is 9.00 Å². The van der Waals surface area contributed by atoms with Crippen LogP contribution in [-0.2, 0) is 15.6 Å². The number of benzene rings is 1. The number of carbonyl (C=O) groups excluding carboxylic acids is 1. The summed E-state index contributed by atoms with van der Waals surface area (Å²) in [7, 11) is -0.800. The second-order valence-electron chi connectivity index (χ2n) is 6.53. The predicted molar refractivity (Wildman–Crippen MR) is 94.4 cm³/mol. The maximum atomic E-state index is 12.4. The van der Waals surface area contributed by atoms with Crippen LogP contribution in [0.15, 0.2) is 18.2 Å². The lowest BCUT2D eigenvalue weighted by atomic mass is 9.98. The summed E-state index contributed by atoms with van der Waals surface area (Å²) < 4.78 is 17.3. The third-order valence-electron chi connectivity index (χ3n) is 4.40. The second kappa shape index (κ2) is 7.95. The Labute approximate surface area is 141 Å². The molecule has 1 heterocycles. The number of nitrogens with zero attached hydrogens (tertiary/aromatic N) is 1. The first kappa shape index (κ1) is 18.0. The number of hydrogen-bond acceptors (Lipinski definition) is 3. The maximum absolute atomic E-state index is 12.4. The molecule has 1 aromatic carbocycles. The van der Waals surface area contributed by atoms with Crippen LogP contribution in [0.25, 0.3) is 0 Å². The zero-order chi connectivity index (χ0) is 17.0. The topological polar surface area (TPSA) is 46.6 Å². The molecule has 1 aromatic rings. The van der Waals surface area contributed by atoms with Crippen molar-refractivity contribution in [1.29, 1.82) is 0 Å². The molecule has 0 aliphatic carbocycles. The van der Waals surface area contributed by atoms with Gasteiger partial charge in [0.2, 0.25) is 0 Å². The van der Waals surface area contributed by atoms with Gasteiger partial charge >= 0.3 is 0 Å². The molecular weight excluding hydrogens is 310 g/mol. The van der Waals surface area contributed by atoms with E-state index in [1.165, 1.54) is 11.1 Å². The highest BCUT2D eigenvalue weighted by Crippen LogP contribution is 2.23. The van der Waals surface area contributed by atoms with Crippen LogP contribution in [-0.4, -0.2) is 45.7 Å². The predicted octanol–water partition coefficient (Wildman–Crippen LogP) is 2.87. The van der Waals surface area contributed by atoms with Crippen molar-refractivity contribution >= 4 is 16.7 Å². The smallest absolute Gasteiger partial charge is 0.260 e. The minimum atomic E-state index is -0.800. The lowest BCUT2D eigenvalue weighted by Gasteiger charge is -2.26. The number of ether oxygens (including phenoxy) is 1. The molecule has 2 rings (SSSR count). The number of rotatable bonds is 4. The molecule has 0 spiro atoms. The molecular formula is C18H27NO3S. The molecule has 1 aliphatic heterocycles. The fourth-order valence-electron chi connectivity index (χ4n) is 2.96. The molecule has 0 bridgehead atoms. The van der Waals surface area contributed by atoms with Gasteiger partial charge in [-0.25, -0.2) is 0 Å². The van der Waals surface area contributed by atoms with Crippen molar-refractivity contribution in [2.45, 2.75) is 46.1 Å². The highest BCUT2D eigenvalue weighted by molar-refractivity contribution is 7.85. The zero-order valence-electron chi connectivity index (χ0n) is 14.5. The quantitative estimate of drug-likeness (QED) is 0.849. The minimum absolute atomic E-state index is 0.0259. The van der Waals surface area contributed by atoms with Gasteiger partial charge < -0.3 is 9.64 Å². The molecule has 0 saturated carbocycles. The van der Waals surface area contributed by atoms with Crippen LogP contribution in [0.5, 0.6) is 5.75 Å². The average molecular weight is 337 g/mol. The fraction of sp³-hybridized carbons (Fsp3) is 0.611. The number of hydrogen-bond donors (Lipinski definition) is 0. The van der Waals surface area contributed by atoms with E-state index in [1.54, 1.807) is 4.90 Å². The van der Waals surface area contributed by atoms with Crippen LogP contribution in [0.1, 0.15) is 44.2 Å². The van der Waals surface area contributed by atoms with Crippen molar-refractivity contribution in [3.8, 4) is 5.75 Å². The largest absolute Gasteiger partial charge is 0.484 e. The zero-order valence-corrected chi connectivity index (χ0v) is 15.3. The molecule has 23 heavy (non-hydrogen) atoms. The number of carbonyl (C=O) groups is 1. The first-order valence-corrected chi connectivity index (χ1v) is 9.75. The van der Waals surface area contributed by atoms with Gasteiger partial charge in [-0.05, 0) is 49.4 Å². The Hall–Kier alpha value is -1.36. The van der Waals surface area contributed by atoms with E-state index < -0.39 is 10.8 Å². The highest BCUT2D eigenvalue weighted by Gasteiger charge is 2.24. The second-order valence-corrected chi connectivity index (χ2v) is 8.23. The first-order valence-electron chi connectivity index (χ1n) is 8.26. The van der Waals surface area contributed by atoms with Crippen molar-refractivity contribution in [1.82, 2.24) is 4.90 Å². The average Bonchev–Trinajstić information content (AvgIpc) is 2.66. The van der Waals surface area contributed by atoms with Crippen LogP contribution in [0.4, 0.5) is 0 Å². The van der Waals surface area contributed by atoms with E-state index >= 15 is 0 Å². The van der Waals surface area contributed by atoms with Gasteiger partial charge in [-0.15, -0.1) is 0 Å². The molecule has 2 unspecified atom stereocenters. The molecule has 1 aliphatic rings. The molecule has 4 nitrogen and oxygen atoms in total. The Balaban J connectivity index is 1.96. The van der Waals surface area contributed by atoms with E-state index in [4.69, 9.17) is 4.74 Å². The van der Waals surface area contributed by atoms with E-state index in [2.05, 4.69) is 26.8 Å². The number of amides is 1. The monoisotopic (exact) mass is 337 g/mol. The summed E-state index contributed by atoms with van der Waals surface area (Å²) in [5.41, 5.74) is 2.48. The normalized spacial score (nSPS) is 22.0. The summed E-state index contributed by atoms with van der Waals surface area (Å²) in [5.74, 6) is 2.43. The van der Waals surface area contributed by atoms with Gasteiger partial charge in [0.05, 0.1) is 0 Å². The van der Waals surface area contributed by atoms with Crippen LogP contribution >= 0.6 is 0 Å². The lowest BCUT2D eigenvalue weighted by molar-refractivity contribution is -0.135. The summed E-state index contributed by atoms with van der Waals surface area (Å²) in [4.78, 5) is 14.2. The van der Waals surface area contributed by atoms with E-state index in [0.717, 1.165) is 12.2 Å². The Kier molecular flexibility index (Phi) is 6.22. The third-order valence-corrected chi connectivity index (χ3v) is 5.73. The minimum Gasteiger partial charge on any atom is -0.484 e. The Bertz CT molecular complexity index is 586. The maximum Gasteiger partial charge on any atom is 0.260 e. The van der Waals surface area contributed by atoms with E-state index in [9.17, 15) is 9.00 Å². The Morgan fingerprint density at radius 2 is 2.13 bits per heavy atom. The standard InChI is InChI=1S/C18H27NO3S/c1-13(2)17-6-5-16(11-14(17)3)22-12-18(20)19-8-10-23(21)9-7-15(19)4/h5-6,11,13,15H,7-10,12H2,1-4H3. The van der Waals surface area contributed by atoms with Crippen LogP contribution in [0.2, 0.25) is 0 Å². The summed E-state index contributed by atoms with van der Waals surface area (Å²) in [6.45, 7) is 9.01. The van der Waals surface area contributed by atoms with Crippen LogP contribution < -0.4 is 4.74 Å². The number of aryl methyl sites for hydroxylation is 1. The lowest BCUT2D eigenvalue weighted by Crippen LogP contribution is -2.42. The summed E-state index contributed by atoms with van der Waals surface area (Å²) in [6, 6.07) is 6.11. The molecule has 1 amide bonds. The van der Waals surface area contributed by atoms with Crippen molar-refractivity contribution in [2.75, 3.05) is 24.7 Å². The summed E-state index contributed by atoms with van der Waals surface area (Å²) in [6.07, 6.45) is 0.792. The first-order chi connectivity index (χ1) is 10.9. The highest BCUT2D eigenvalue weighted by atomic mass is 32.2. The van der Waals surface area contributed by atoms with Gasteiger partial charge in [-0.2, -0.15) is 0 Å². The van der Waals surface area contributed by atoms with Crippen molar-refractivity contribution in [2.24, 2.45) is 0 Å². The molecule has 0 aromatic heterocycles. The van der Waals surface area contributed by atoms with Crippen LogP contribution in [0, 0.1) is 6.92 Å². The third kappa shape index (κ3) is 4.80. The van der Waals surface area contributed by atoms with E-state index in [-0.39, 0.29) is 18.6 Å². The van der Waals surface area contributed by atoms with E-state index in [1.807, 2.05) is 19.1 Å².